The highest BCUT2D eigenvalue weighted by atomic mass is 79.9. The lowest BCUT2D eigenvalue weighted by atomic mass is 10.0. The highest BCUT2D eigenvalue weighted by Crippen LogP contribution is 2.28. The van der Waals surface area contributed by atoms with Crippen LogP contribution in [0.3, 0.4) is 0 Å². The molecule has 1 nitrogen and oxygen atoms in total. The molecule has 0 saturated carbocycles. The summed E-state index contributed by atoms with van der Waals surface area (Å²) in [4.78, 5) is 4.57. The number of pyridine rings is 1. The third-order valence-electron chi connectivity index (χ3n) is 2.12. The van der Waals surface area contributed by atoms with Gasteiger partial charge in [0.05, 0.1) is 5.69 Å². The van der Waals surface area contributed by atoms with Crippen molar-refractivity contribution in [2.45, 2.75) is 33.6 Å². The molecule has 0 saturated heterocycles. The summed E-state index contributed by atoms with van der Waals surface area (Å²) in [7, 11) is 0. The molecular weight excluding hydrogens is 238 g/mol. The van der Waals surface area contributed by atoms with Crippen LogP contribution in [-0.2, 0) is 0 Å². The van der Waals surface area contributed by atoms with Crippen molar-refractivity contribution >= 4 is 20.4 Å². The first-order valence-corrected chi connectivity index (χ1v) is 5.65. The van der Waals surface area contributed by atoms with Crippen LogP contribution in [0.15, 0.2) is 18.2 Å². The van der Waals surface area contributed by atoms with E-state index in [4.69, 9.17) is 0 Å². The van der Waals surface area contributed by atoms with Crippen molar-refractivity contribution in [3.8, 4) is 0 Å². The predicted molar refractivity (Wildman–Crippen MR) is 65.6 cm³/mol. The summed E-state index contributed by atoms with van der Waals surface area (Å²) < 4.78 is 1.12. The molecule has 0 unspecified atom stereocenters. The molecule has 0 aromatic carbocycles. The van der Waals surface area contributed by atoms with Gasteiger partial charge in [0.2, 0.25) is 0 Å². The van der Waals surface area contributed by atoms with Gasteiger partial charge >= 0.3 is 0 Å². The molecular formula is C12H16BrN. The van der Waals surface area contributed by atoms with Gasteiger partial charge in [-0.15, -0.1) is 0 Å². The van der Waals surface area contributed by atoms with Gasteiger partial charge in [0, 0.05) is 15.7 Å². The van der Waals surface area contributed by atoms with Crippen LogP contribution < -0.4 is 0 Å². The van der Waals surface area contributed by atoms with Crippen LogP contribution in [0.1, 0.15) is 43.6 Å². The molecule has 1 rings (SSSR count). The predicted octanol–water partition coefficient (Wildman–Crippen LogP) is 4.27. The van der Waals surface area contributed by atoms with Crippen LogP contribution in [0.4, 0.5) is 0 Å². The number of halogens is 1. The molecule has 1 aromatic heterocycles. The van der Waals surface area contributed by atoms with Gasteiger partial charge in [-0.3, -0.25) is 4.98 Å². The van der Waals surface area contributed by atoms with E-state index in [0.717, 1.165) is 15.9 Å². The minimum absolute atomic E-state index is 0.456. The van der Waals surface area contributed by atoms with E-state index in [1.165, 1.54) is 5.56 Å². The van der Waals surface area contributed by atoms with Gasteiger partial charge in [0.15, 0.2) is 0 Å². The Balaban J connectivity index is 3.29. The number of aryl methyl sites for hydroxylation is 1. The van der Waals surface area contributed by atoms with E-state index in [2.05, 4.69) is 46.9 Å². The Bertz CT molecular complexity index is 353. The topological polar surface area (TPSA) is 12.9 Å². The van der Waals surface area contributed by atoms with Gasteiger partial charge in [-0.05, 0) is 25.8 Å². The Kier molecular flexibility index (Phi) is 3.87. The lowest BCUT2D eigenvalue weighted by Crippen LogP contribution is -1.99. The second-order valence-electron chi connectivity index (χ2n) is 3.68. The van der Waals surface area contributed by atoms with E-state index in [1.807, 2.05) is 19.9 Å². The van der Waals surface area contributed by atoms with Crippen LogP contribution in [0, 0.1) is 6.92 Å². The Morgan fingerprint density at radius 3 is 2.57 bits per heavy atom. The van der Waals surface area contributed by atoms with Crippen LogP contribution in [-0.4, -0.2) is 4.98 Å². The molecule has 2 heteroatoms. The second kappa shape index (κ2) is 4.74. The molecule has 0 aliphatic heterocycles. The van der Waals surface area contributed by atoms with Crippen molar-refractivity contribution < 1.29 is 0 Å². The van der Waals surface area contributed by atoms with Crippen molar-refractivity contribution in [3.05, 3.63) is 35.2 Å². The molecule has 1 aromatic rings. The third kappa shape index (κ3) is 2.44. The van der Waals surface area contributed by atoms with Gasteiger partial charge in [-0.2, -0.15) is 0 Å². The first kappa shape index (κ1) is 11.4. The van der Waals surface area contributed by atoms with Gasteiger partial charge in [0.25, 0.3) is 0 Å². The van der Waals surface area contributed by atoms with Crippen molar-refractivity contribution in [1.82, 2.24) is 4.98 Å². The SMILES string of the molecule is C/C=C(/Br)c1ccc(C)nc1C(C)C. The van der Waals surface area contributed by atoms with Crippen molar-refractivity contribution in [3.63, 3.8) is 0 Å². The van der Waals surface area contributed by atoms with Crippen LogP contribution in [0.25, 0.3) is 4.48 Å². The second-order valence-corrected chi connectivity index (χ2v) is 4.53. The van der Waals surface area contributed by atoms with E-state index in [9.17, 15) is 0 Å². The zero-order valence-corrected chi connectivity index (χ0v) is 10.7. The number of nitrogens with zero attached hydrogens (tertiary/aromatic N) is 1. The van der Waals surface area contributed by atoms with Crippen molar-refractivity contribution in [1.29, 1.82) is 0 Å². The minimum atomic E-state index is 0.456. The van der Waals surface area contributed by atoms with Gasteiger partial charge < -0.3 is 0 Å². The fraction of sp³-hybridized carbons (Fsp3) is 0.417. The molecule has 1 heterocycles. The minimum Gasteiger partial charge on any atom is -0.257 e. The zero-order valence-electron chi connectivity index (χ0n) is 9.13. The molecule has 0 radical (unpaired) electrons. The van der Waals surface area contributed by atoms with E-state index in [1.54, 1.807) is 0 Å². The van der Waals surface area contributed by atoms with E-state index in [0.29, 0.717) is 5.92 Å². The average Bonchev–Trinajstić information content (AvgIpc) is 2.16. The summed E-state index contributed by atoms with van der Waals surface area (Å²) in [5.74, 6) is 0.456. The zero-order chi connectivity index (χ0) is 10.7. The number of aromatic nitrogens is 1. The number of allylic oxidation sites excluding steroid dienone is 1. The highest BCUT2D eigenvalue weighted by molar-refractivity contribution is 9.15. The molecule has 76 valence electrons. The maximum Gasteiger partial charge on any atom is 0.0515 e. The van der Waals surface area contributed by atoms with E-state index in [-0.39, 0.29) is 0 Å². The average molecular weight is 254 g/mol. The van der Waals surface area contributed by atoms with Gasteiger partial charge in [-0.1, -0.05) is 41.9 Å². The molecule has 0 spiro atoms. The van der Waals surface area contributed by atoms with E-state index >= 15 is 0 Å². The summed E-state index contributed by atoms with van der Waals surface area (Å²) in [5.41, 5.74) is 3.44. The molecule has 0 N–H and O–H groups in total. The molecule has 0 atom stereocenters. The lowest BCUT2D eigenvalue weighted by Gasteiger charge is -2.11. The first-order chi connectivity index (χ1) is 6.56. The van der Waals surface area contributed by atoms with E-state index < -0.39 is 0 Å². The smallest absolute Gasteiger partial charge is 0.0515 e. The van der Waals surface area contributed by atoms with Crippen molar-refractivity contribution in [2.24, 2.45) is 0 Å². The maximum absolute atomic E-state index is 4.57. The van der Waals surface area contributed by atoms with Crippen LogP contribution >= 0.6 is 15.9 Å². The molecule has 0 fully saturated rings. The summed E-state index contributed by atoms with van der Waals surface area (Å²) in [5, 5.41) is 0. The van der Waals surface area contributed by atoms with Gasteiger partial charge in [0.1, 0.15) is 0 Å². The summed E-state index contributed by atoms with van der Waals surface area (Å²) >= 11 is 3.55. The van der Waals surface area contributed by atoms with Crippen molar-refractivity contribution in [2.75, 3.05) is 0 Å². The summed E-state index contributed by atoms with van der Waals surface area (Å²) in [6.07, 6.45) is 2.05. The molecule has 14 heavy (non-hydrogen) atoms. The summed E-state index contributed by atoms with van der Waals surface area (Å²) in [6, 6.07) is 4.17. The molecule has 0 aliphatic rings. The quantitative estimate of drug-likeness (QED) is 0.768. The third-order valence-corrected chi connectivity index (χ3v) is 3.01. The monoisotopic (exact) mass is 253 g/mol. The summed E-state index contributed by atoms with van der Waals surface area (Å²) in [6.45, 7) is 8.38. The fourth-order valence-electron chi connectivity index (χ4n) is 1.37. The maximum atomic E-state index is 4.57. The Morgan fingerprint density at radius 2 is 2.07 bits per heavy atom. The standard InChI is InChI=1S/C12H16BrN/c1-5-11(13)10-7-6-9(4)14-12(10)8(2)3/h5-8H,1-4H3/b11-5+. The molecule has 0 bridgehead atoms. The highest BCUT2D eigenvalue weighted by Gasteiger charge is 2.10. The largest absolute Gasteiger partial charge is 0.257 e. The van der Waals surface area contributed by atoms with Crippen LogP contribution in [0.5, 0.6) is 0 Å². The number of hydrogen-bond donors (Lipinski definition) is 0. The normalized spacial score (nSPS) is 12.3. The molecule has 0 amide bonds. The Labute approximate surface area is 94.4 Å². The lowest BCUT2D eigenvalue weighted by molar-refractivity contribution is 0.812. The first-order valence-electron chi connectivity index (χ1n) is 4.86. The fourth-order valence-corrected chi connectivity index (χ4v) is 1.71. The molecule has 0 aliphatic carbocycles. The number of hydrogen-bond acceptors (Lipinski definition) is 1. The Hall–Kier alpha value is -0.630. The Morgan fingerprint density at radius 1 is 1.43 bits per heavy atom. The van der Waals surface area contributed by atoms with Crippen LogP contribution in [0.2, 0.25) is 0 Å². The van der Waals surface area contributed by atoms with Gasteiger partial charge in [-0.25, -0.2) is 0 Å². The number of rotatable bonds is 2.